The number of nitrogen functional groups attached to an aromatic ring is 1. The number of hydrogen-bond acceptors (Lipinski definition) is 9. The molecule has 0 spiro atoms. The minimum absolute atomic E-state index is 0.185. The maximum atomic E-state index is 5.83. The maximum Gasteiger partial charge on any atom is 0.232 e. The van der Waals surface area contributed by atoms with Gasteiger partial charge in [0.1, 0.15) is 5.82 Å². The van der Waals surface area contributed by atoms with Crippen LogP contribution >= 0.6 is 11.8 Å². The number of hydrogen-bond donors (Lipinski definition) is 2. The molecule has 0 aliphatic heterocycles. The van der Waals surface area contributed by atoms with Crippen molar-refractivity contribution in [2.75, 3.05) is 11.1 Å². The first-order valence-corrected chi connectivity index (χ1v) is 9.49. The van der Waals surface area contributed by atoms with Crippen LogP contribution in [0.15, 0.2) is 35.5 Å². The number of nitrogens with two attached hydrogens (primary N) is 1. The molecule has 2 heterocycles. The average Bonchev–Trinajstić information content (AvgIpc) is 3.32. The van der Waals surface area contributed by atoms with Crippen LogP contribution in [-0.2, 0) is 5.75 Å². The van der Waals surface area contributed by atoms with Gasteiger partial charge in [-0.25, -0.2) is 4.68 Å². The molecule has 3 aromatic rings. The first-order chi connectivity index (χ1) is 12.8. The first kappa shape index (κ1) is 16.7. The Hall–Kier alpha value is -2.75. The van der Waals surface area contributed by atoms with Gasteiger partial charge in [0.25, 0.3) is 0 Å². The number of nitrogens with zero attached hydrogens (tertiary/aromatic N) is 7. The van der Waals surface area contributed by atoms with Crippen molar-refractivity contribution < 1.29 is 0 Å². The number of aromatic nitrogens is 7. The van der Waals surface area contributed by atoms with Crippen LogP contribution in [0.3, 0.4) is 0 Å². The number of thioether (sulfide) groups is 1. The van der Waals surface area contributed by atoms with E-state index >= 15 is 0 Å². The molecule has 0 amide bonds. The second kappa shape index (κ2) is 7.65. The molecule has 1 aromatic carbocycles. The molecular weight excluding hydrogens is 350 g/mol. The molecule has 134 valence electrons. The van der Waals surface area contributed by atoms with Gasteiger partial charge in [-0.2, -0.15) is 15.0 Å². The fraction of sp³-hybridized carbons (Fsp3) is 0.375. The van der Waals surface area contributed by atoms with Crippen molar-refractivity contribution in [2.24, 2.45) is 0 Å². The number of para-hydroxylation sites is 1. The Labute approximate surface area is 154 Å². The molecule has 4 rings (SSSR count). The zero-order chi connectivity index (χ0) is 17.8. The Morgan fingerprint density at radius 2 is 1.92 bits per heavy atom. The van der Waals surface area contributed by atoms with Crippen LogP contribution in [0.25, 0.3) is 0 Å². The summed E-state index contributed by atoms with van der Waals surface area (Å²) in [6, 6.07) is 10.1. The van der Waals surface area contributed by atoms with Gasteiger partial charge in [-0.15, -0.1) is 5.10 Å². The largest absolute Gasteiger partial charge is 0.368 e. The summed E-state index contributed by atoms with van der Waals surface area (Å²) in [5.41, 5.74) is 6.73. The predicted molar refractivity (Wildman–Crippen MR) is 98.8 cm³/mol. The van der Waals surface area contributed by atoms with E-state index in [0.29, 0.717) is 23.6 Å². The third-order valence-electron chi connectivity index (χ3n) is 4.19. The monoisotopic (exact) mass is 369 g/mol. The van der Waals surface area contributed by atoms with E-state index in [9.17, 15) is 0 Å². The van der Waals surface area contributed by atoms with Gasteiger partial charge in [0.15, 0.2) is 0 Å². The van der Waals surface area contributed by atoms with Gasteiger partial charge < -0.3 is 11.1 Å². The predicted octanol–water partition coefficient (Wildman–Crippen LogP) is 2.59. The van der Waals surface area contributed by atoms with Crippen LogP contribution in [-0.4, -0.2) is 35.2 Å². The summed E-state index contributed by atoms with van der Waals surface area (Å²) < 4.78 is 1.92. The van der Waals surface area contributed by atoms with Crippen molar-refractivity contribution in [3.05, 3.63) is 36.2 Å². The van der Waals surface area contributed by atoms with Crippen molar-refractivity contribution in [3.8, 4) is 0 Å². The van der Waals surface area contributed by atoms with E-state index in [-0.39, 0.29) is 5.95 Å². The topological polar surface area (TPSA) is 120 Å². The van der Waals surface area contributed by atoms with Gasteiger partial charge >= 0.3 is 0 Å². The smallest absolute Gasteiger partial charge is 0.232 e. The third-order valence-corrected chi connectivity index (χ3v) is 5.12. The van der Waals surface area contributed by atoms with Gasteiger partial charge in [-0.05, 0) is 35.4 Å². The van der Waals surface area contributed by atoms with Crippen LogP contribution in [0.2, 0.25) is 0 Å². The van der Waals surface area contributed by atoms with E-state index in [1.165, 1.54) is 24.6 Å². The molecule has 26 heavy (non-hydrogen) atoms. The van der Waals surface area contributed by atoms with E-state index in [0.717, 1.165) is 23.7 Å². The lowest BCUT2D eigenvalue weighted by Gasteiger charge is -2.10. The zero-order valence-electron chi connectivity index (χ0n) is 14.1. The highest BCUT2D eigenvalue weighted by Gasteiger charge is 2.21. The molecule has 9 nitrogen and oxygen atoms in total. The van der Waals surface area contributed by atoms with E-state index < -0.39 is 0 Å². The molecule has 1 aliphatic rings. The van der Waals surface area contributed by atoms with Crippen LogP contribution in [0.1, 0.15) is 37.5 Å². The van der Waals surface area contributed by atoms with Crippen molar-refractivity contribution in [3.63, 3.8) is 0 Å². The lowest BCUT2D eigenvalue weighted by Crippen LogP contribution is -2.09. The number of rotatable bonds is 6. The Bertz CT molecular complexity index is 861. The van der Waals surface area contributed by atoms with Crippen molar-refractivity contribution >= 4 is 29.3 Å². The molecule has 1 saturated carbocycles. The maximum absolute atomic E-state index is 5.83. The molecule has 0 bridgehead atoms. The fourth-order valence-electron chi connectivity index (χ4n) is 3.00. The molecule has 0 saturated heterocycles. The molecule has 10 heteroatoms. The average molecular weight is 369 g/mol. The summed E-state index contributed by atoms with van der Waals surface area (Å²) in [6.07, 6.45) is 4.71. The molecule has 0 radical (unpaired) electrons. The van der Waals surface area contributed by atoms with Crippen LogP contribution in [0.4, 0.5) is 17.6 Å². The highest BCUT2D eigenvalue weighted by atomic mass is 32.2. The zero-order valence-corrected chi connectivity index (χ0v) is 14.9. The Morgan fingerprint density at radius 3 is 2.73 bits per heavy atom. The van der Waals surface area contributed by atoms with E-state index in [1.807, 2.05) is 35.0 Å². The lowest BCUT2D eigenvalue weighted by molar-refractivity contribution is 0.423. The summed E-state index contributed by atoms with van der Waals surface area (Å²) in [4.78, 5) is 12.8. The van der Waals surface area contributed by atoms with Crippen LogP contribution in [0, 0.1) is 0 Å². The van der Waals surface area contributed by atoms with Gasteiger partial charge in [-0.1, -0.05) is 42.8 Å². The second-order valence-electron chi connectivity index (χ2n) is 6.06. The number of benzene rings is 1. The van der Waals surface area contributed by atoms with Gasteiger partial charge in [0.2, 0.25) is 17.1 Å². The molecule has 0 unspecified atom stereocenters. The molecular formula is C16H19N9S. The highest BCUT2D eigenvalue weighted by Crippen LogP contribution is 2.32. The number of nitrogens with one attached hydrogen (secondary N) is 1. The van der Waals surface area contributed by atoms with Crippen molar-refractivity contribution in [1.82, 2.24) is 35.2 Å². The quantitative estimate of drug-likeness (QED) is 0.631. The van der Waals surface area contributed by atoms with E-state index in [2.05, 4.69) is 35.8 Å². The summed E-state index contributed by atoms with van der Waals surface area (Å²) in [5.74, 6) is 1.71. The highest BCUT2D eigenvalue weighted by molar-refractivity contribution is 7.98. The summed E-state index contributed by atoms with van der Waals surface area (Å²) in [6.45, 7) is 0. The van der Waals surface area contributed by atoms with Crippen LogP contribution < -0.4 is 11.1 Å². The summed E-state index contributed by atoms with van der Waals surface area (Å²) in [7, 11) is 0. The van der Waals surface area contributed by atoms with Gasteiger partial charge in [0, 0.05) is 5.69 Å². The van der Waals surface area contributed by atoms with Crippen molar-refractivity contribution in [1.29, 1.82) is 0 Å². The Balaban J connectivity index is 1.46. The van der Waals surface area contributed by atoms with Crippen molar-refractivity contribution in [2.45, 2.75) is 42.6 Å². The van der Waals surface area contributed by atoms with Gasteiger partial charge in [-0.3, -0.25) is 0 Å². The minimum atomic E-state index is 0.185. The lowest BCUT2D eigenvalue weighted by atomic mass is 10.3. The van der Waals surface area contributed by atoms with E-state index in [4.69, 9.17) is 5.73 Å². The molecule has 1 fully saturated rings. The summed E-state index contributed by atoms with van der Waals surface area (Å²) >= 11 is 1.51. The SMILES string of the molecule is Nc1nc(CSc2nnnn2C2CCCC2)nc(Nc2ccccc2)n1. The molecule has 0 atom stereocenters. The number of tetrazole rings is 1. The molecule has 1 aliphatic carbocycles. The number of anilines is 3. The first-order valence-electron chi connectivity index (χ1n) is 8.51. The standard InChI is InChI=1S/C16H19N9S/c17-14-19-13(20-15(21-14)18-11-6-2-1-3-7-11)10-26-16-22-23-24-25(16)12-8-4-5-9-12/h1-3,6-7,12H,4-5,8-10H2,(H3,17,18,19,20,21). The second-order valence-corrected chi connectivity index (χ2v) is 7.00. The Morgan fingerprint density at radius 1 is 1.12 bits per heavy atom. The molecule has 3 N–H and O–H groups in total. The minimum Gasteiger partial charge on any atom is -0.368 e. The molecule has 2 aromatic heterocycles. The third kappa shape index (κ3) is 3.90. The Kier molecular flexibility index (Phi) is 4.91. The fourth-order valence-corrected chi connectivity index (χ4v) is 3.80. The van der Waals surface area contributed by atoms with E-state index in [1.54, 1.807) is 0 Å². The normalized spacial score (nSPS) is 14.6. The summed E-state index contributed by atoms with van der Waals surface area (Å²) in [5, 5.41) is 16.0. The van der Waals surface area contributed by atoms with Crippen LogP contribution in [0.5, 0.6) is 0 Å². The van der Waals surface area contributed by atoms with Gasteiger partial charge in [0.05, 0.1) is 11.8 Å².